The van der Waals surface area contributed by atoms with Crippen LogP contribution in [-0.4, -0.2) is 66.5 Å². The molecule has 20 heavy (non-hydrogen) atoms. The van der Waals surface area contributed by atoms with Crippen molar-refractivity contribution in [2.45, 2.75) is 19.8 Å². The van der Waals surface area contributed by atoms with E-state index in [2.05, 4.69) is 21.7 Å². The number of carbonyl (C=O) groups is 1. The van der Waals surface area contributed by atoms with E-state index in [9.17, 15) is 4.79 Å². The Morgan fingerprint density at radius 3 is 2.55 bits per heavy atom. The fourth-order valence-electron chi connectivity index (χ4n) is 2.85. The van der Waals surface area contributed by atoms with Gasteiger partial charge in [0, 0.05) is 44.6 Å². The van der Waals surface area contributed by atoms with E-state index in [0.29, 0.717) is 5.69 Å². The number of likely N-dealkylation sites (N-methyl/N-ethyl adjacent to an activating group) is 1. The van der Waals surface area contributed by atoms with Gasteiger partial charge in [-0.3, -0.25) is 4.79 Å². The number of nitrogens with zero attached hydrogens (tertiary/aromatic N) is 4. The second-order valence-electron chi connectivity index (χ2n) is 5.44. The zero-order chi connectivity index (χ0) is 13.9. The molecule has 6 heteroatoms. The van der Waals surface area contributed by atoms with E-state index in [-0.39, 0.29) is 5.91 Å². The van der Waals surface area contributed by atoms with Gasteiger partial charge in [0.05, 0.1) is 0 Å². The van der Waals surface area contributed by atoms with Crippen LogP contribution in [0.4, 0.5) is 5.13 Å². The molecule has 0 bridgehead atoms. The van der Waals surface area contributed by atoms with Crippen LogP contribution in [0, 0.1) is 0 Å². The van der Waals surface area contributed by atoms with Crippen LogP contribution in [-0.2, 0) is 0 Å². The maximum absolute atomic E-state index is 12.3. The summed E-state index contributed by atoms with van der Waals surface area (Å²) in [4.78, 5) is 23.5. The van der Waals surface area contributed by atoms with Crippen LogP contribution < -0.4 is 4.90 Å². The molecule has 0 saturated carbocycles. The second kappa shape index (κ2) is 6.10. The molecule has 0 aromatic carbocycles. The number of carbonyl (C=O) groups excluding carboxylic acids is 1. The number of piperazine rings is 1. The molecule has 0 N–H and O–H groups in total. The summed E-state index contributed by atoms with van der Waals surface area (Å²) in [6.45, 7) is 9.30. The summed E-state index contributed by atoms with van der Waals surface area (Å²) >= 11 is 1.60. The Morgan fingerprint density at radius 2 is 1.90 bits per heavy atom. The molecule has 2 saturated heterocycles. The van der Waals surface area contributed by atoms with E-state index in [1.165, 1.54) is 0 Å². The van der Waals surface area contributed by atoms with Gasteiger partial charge in [-0.2, -0.15) is 0 Å². The third-order valence-electron chi connectivity index (χ3n) is 4.19. The highest BCUT2D eigenvalue weighted by molar-refractivity contribution is 7.13. The standard InChI is InChI=1S/C14H22N4OS/c1-2-16-7-9-18(10-8-16)14-15-12(11-20-14)13(19)17-5-3-4-6-17/h11H,2-10H2,1H3. The molecule has 1 amide bonds. The van der Waals surface area contributed by atoms with Crippen molar-refractivity contribution in [3.8, 4) is 0 Å². The first-order chi connectivity index (χ1) is 9.78. The van der Waals surface area contributed by atoms with Gasteiger partial charge in [0.25, 0.3) is 5.91 Å². The van der Waals surface area contributed by atoms with Crippen molar-refractivity contribution >= 4 is 22.4 Å². The molecule has 3 heterocycles. The lowest BCUT2D eigenvalue weighted by atomic mass is 10.3. The third kappa shape index (κ3) is 2.81. The van der Waals surface area contributed by atoms with Crippen LogP contribution >= 0.6 is 11.3 Å². The Morgan fingerprint density at radius 1 is 1.20 bits per heavy atom. The molecule has 0 unspecified atom stereocenters. The van der Waals surface area contributed by atoms with Gasteiger partial charge in [0.2, 0.25) is 0 Å². The van der Waals surface area contributed by atoms with Gasteiger partial charge in [-0.05, 0) is 19.4 Å². The van der Waals surface area contributed by atoms with Gasteiger partial charge in [-0.1, -0.05) is 6.92 Å². The lowest BCUT2D eigenvalue weighted by molar-refractivity contribution is 0.0788. The monoisotopic (exact) mass is 294 g/mol. The van der Waals surface area contributed by atoms with Gasteiger partial charge in [0.1, 0.15) is 5.69 Å². The minimum Gasteiger partial charge on any atom is -0.346 e. The molecule has 2 aliphatic rings. The molecule has 0 atom stereocenters. The molecule has 2 fully saturated rings. The Labute approximate surface area is 124 Å². The first kappa shape index (κ1) is 13.8. The van der Waals surface area contributed by atoms with Crippen molar-refractivity contribution in [2.75, 3.05) is 50.7 Å². The Balaban J connectivity index is 1.63. The number of aromatic nitrogens is 1. The first-order valence-electron chi connectivity index (χ1n) is 7.50. The Kier molecular flexibility index (Phi) is 4.21. The fourth-order valence-corrected chi connectivity index (χ4v) is 3.70. The predicted octanol–water partition coefficient (Wildman–Crippen LogP) is 1.52. The van der Waals surface area contributed by atoms with Crippen molar-refractivity contribution in [1.82, 2.24) is 14.8 Å². The minimum absolute atomic E-state index is 0.109. The highest BCUT2D eigenvalue weighted by atomic mass is 32.1. The van der Waals surface area contributed by atoms with Crippen LogP contribution in [0.1, 0.15) is 30.3 Å². The van der Waals surface area contributed by atoms with Gasteiger partial charge in [0.15, 0.2) is 5.13 Å². The Bertz CT molecular complexity index is 461. The molecule has 0 aliphatic carbocycles. The molecular formula is C14H22N4OS. The minimum atomic E-state index is 0.109. The number of thiazole rings is 1. The van der Waals surface area contributed by atoms with E-state index in [4.69, 9.17) is 0 Å². The fraction of sp³-hybridized carbons (Fsp3) is 0.714. The summed E-state index contributed by atoms with van der Waals surface area (Å²) in [6, 6.07) is 0. The van der Waals surface area contributed by atoms with Crippen molar-refractivity contribution in [3.63, 3.8) is 0 Å². The second-order valence-corrected chi connectivity index (χ2v) is 6.27. The first-order valence-corrected chi connectivity index (χ1v) is 8.38. The van der Waals surface area contributed by atoms with E-state index in [0.717, 1.165) is 63.8 Å². The van der Waals surface area contributed by atoms with Crippen LogP contribution in [0.25, 0.3) is 0 Å². The number of hydrogen-bond acceptors (Lipinski definition) is 5. The average molecular weight is 294 g/mol. The van der Waals surface area contributed by atoms with Gasteiger partial charge >= 0.3 is 0 Å². The van der Waals surface area contributed by atoms with Crippen LogP contribution in [0.3, 0.4) is 0 Å². The van der Waals surface area contributed by atoms with Gasteiger partial charge < -0.3 is 14.7 Å². The number of amides is 1. The van der Waals surface area contributed by atoms with Crippen LogP contribution in [0.15, 0.2) is 5.38 Å². The maximum Gasteiger partial charge on any atom is 0.273 e. The van der Waals surface area contributed by atoms with E-state index < -0.39 is 0 Å². The molecule has 5 nitrogen and oxygen atoms in total. The SMILES string of the molecule is CCN1CCN(c2nc(C(=O)N3CCCC3)cs2)CC1. The Hall–Kier alpha value is -1.14. The van der Waals surface area contributed by atoms with Crippen LogP contribution in [0.5, 0.6) is 0 Å². The zero-order valence-electron chi connectivity index (χ0n) is 12.0. The number of likely N-dealkylation sites (tertiary alicyclic amines) is 1. The summed E-state index contributed by atoms with van der Waals surface area (Å²) in [7, 11) is 0. The van der Waals surface area contributed by atoms with E-state index in [1.807, 2.05) is 10.3 Å². The molecule has 0 spiro atoms. The highest BCUT2D eigenvalue weighted by Crippen LogP contribution is 2.23. The largest absolute Gasteiger partial charge is 0.346 e. The van der Waals surface area contributed by atoms with E-state index >= 15 is 0 Å². The number of rotatable bonds is 3. The summed E-state index contributed by atoms with van der Waals surface area (Å²) in [6.07, 6.45) is 2.25. The highest BCUT2D eigenvalue weighted by Gasteiger charge is 2.24. The van der Waals surface area contributed by atoms with Gasteiger partial charge in [-0.15, -0.1) is 11.3 Å². The lowest BCUT2D eigenvalue weighted by Gasteiger charge is -2.33. The number of anilines is 1. The van der Waals surface area contributed by atoms with Gasteiger partial charge in [-0.25, -0.2) is 4.98 Å². The van der Waals surface area contributed by atoms with E-state index in [1.54, 1.807) is 11.3 Å². The molecule has 2 aliphatic heterocycles. The summed E-state index contributed by atoms with van der Waals surface area (Å²) in [5.74, 6) is 0.109. The topological polar surface area (TPSA) is 39.7 Å². The predicted molar refractivity (Wildman–Crippen MR) is 81.6 cm³/mol. The molecule has 1 aromatic heterocycles. The van der Waals surface area contributed by atoms with Crippen molar-refractivity contribution in [3.05, 3.63) is 11.1 Å². The third-order valence-corrected chi connectivity index (χ3v) is 5.10. The quantitative estimate of drug-likeness (QED) is 0.847. The zero-order valence-corrected chi connectivity index (χ0v) is 12.9. The van der Waals surface area contributed by atoms with Crippen molar-refractivity contribution in [1.29, 1.82) is 0 Å². The lowest BCUT2D eigenvalue weighted by Crippen LogP contribution is -2.46. The van der Waals surface area contributed by atoms with Crippen LogP contribution in [0.2, 0.25) is 0 Å². The normalized spacial score (nSPS) is 20.6. The molecule has 110 valence electrons. The molecule has 3 rings (SSSR count). The van der Waals surface area contributed by atoms with Crippen molar-refractivity contribution < 1.29 is 4.79 Å². The smallest absolute Gasteiger partial charge is 0.273 e. The maximum atomic E-state index is 12.3. The van der Waals surface area contributed by atoms with Crippen molar-refractivity contribution in [2.24, 2.45) is 0 Å². The summed E-state index contributed by atoms with van der Waals surface area (Å²) in [5.41, 5.74) is 0.629. The molecule has 1 aromatic rings. The summed E-state index contributed by atoms with van der Waals surface area (Å²) in [5, 5.41) is 2.92. The number of hydrogen-bond donors (Lipinski definition) is 0. The molecule has 0 radical (unpaired) electrons. The molecular weight excluding hydrogens is 272 g/mol. The average Bonchev–Trinajstić information content (AvgIpc) is 3.18. The summed E-state index contributed by atoms with van der Waals surface area (Å²) < 4.78 is 0.